The molecule has 0 radical (unpaired) electrons. The summed E-state index contributed by atoms with van der Waals surface area (Å²) in [5, 5.41) is 11.6. The van der Waals surface area contributed by atoms with E-state index in [1.807, 2.05) is 12.1 Å². The monoisotopic (exact) mass is 639 g/mol. The highest BCUT2D eigenvalue weighted by molar-refractivity contribution is 6.07. The molecule has 0 saturated carbocycles. The van der Waals surface area contributed by atoms with Crippen LogP contribution < -0.4 is 0 Å². The number of nitro groups is 1. The average molecular weight is 640 g/mol. The summed E-state index contributed by atoms with van der Waals surface area (Å²) in [5.74, 6) is -3.04. The summed E-state index contributed by atoms with van der Waals surface area (Å²) in [6, 6.07) is 27.2. The second-order valence-corrected chi connectivity index (χ2v) is 12.0. The van der Waals surface area contributed by atoms with Crippen molar-refractivity contribution in [1.29, 1.82) is 0 Å². The van der Waals surface area contributed by atoms with Crippen LogP contribution in [-0.4, -0.2) is 74.0 Å². The number of methoxy groups -OCH3 is 1. The number of likely N-dealkylation sites (tertiary alicyclic amines) is 1. The molecule has 47 heavy (non-hydrogen) atoms. The van der Waals surface area contributed by atoms with Crippen molar-refractivity contribution >= 4 is 23.3 Å². The lowest BCUT2D eigenvalue weighted by molar-refractivity contribution is -0.384. The Morgan fingerprint density at radius 2 is 1.53 bits per heavy atom. The molecule has 2 aliphatic heterocycles. The number of ether oxygens (including phenoxy) is 3. The first-order valence-corrected chi connectivity index (χ1v) is 15.9. The number of allylic oxidation sites excluding steroid dienone is 1. The lowest BCUT2D eigenvalue weighted by atomic mass is 9.68. The van der Waals surface area contributed by atoms with Crippen LogP contribution in [0.5, 0.6) is 0 Å². The maximum atomic E-state index is 13.8. The Morgan fingerprint density at radius 1 is 0.894 bits per heavy atom. The van der Waals surface area contributed by atoms with Crippen molar-refractivity contribution in [1.82, 2.24) is 4.90 Å². The zero-order chi connectivity index (χ0) is 33.4. The van der Waals surface area contributed by atoms with Gasteiger partial charge in [0.1, 0.15) is 19.1 Å². The summed E-state index contributed by atoms with van der Waals surface area (Å²) >= 11 is 0. The van der Waals surface area contributed by atoms with E-state index in [4.69, 9.17) is 14.2 Å². The van der Waals surface area contributed by atoms with Gasteiger partial charge in [-0.05, 0) is 56.5 Å². The first-order valence-electron chi connectivity index (χ1n) is 15.9. The van der Waals surface area contributed by atoms with Crippen LogP contribution in [0.25, 0.3) is 0 Å². The molecule has 0 spiro atoms. The largest absolute Gasteiger partial charge is 0.463 e. The maximum Gasteiger partial charge on any atom is 0.336 e. The van der Waals surface area contributed by atoms with E-state index in [-0.39, 0.29) is 36.5 Å². The van der Waals surface area contributed by atoms with Crippen LogP contribution in [0.2, 0.25) is 0 Å². The first-order chi connectivity index (χ1) is 22.7. The van der Waals surface area contributed by atoms with Gasteiger partial charge in [0.15, 0.2) is 0 Å². The van der Waals surface area contributed by atoms with Crippen molar-refractivity contribution in [3.05, 3.63) is 123 Å². The molecule has 1 fully saturated rings. The lowest BCUT2D eigenvalue weighted by Gasteiger charge is -2.43. The summed E-state index contributed by atoms with van der Waals surface area (Å²) in [5.41, 5.74) is 3.84. The van der Waals surface area contributed by atoms with Crippen molar-refractivity contribution < 1.29 is 28.7 Å². The van der Waals surface area contributed by atoms with E-state index >= 15 is 0 Å². The van der Waals surface area contributed by atoms with Crippen LogP contribution in [0.4, 0.5) is 5.69 Å². The molecule has 10 heteroatoms. The van der Waals surface area contributed by atoms with E-state index in [0.717, 1.165) is 25.9 Å². The molecule has 2 unspecified atom stereocenters. The van der Waals surface area contributed by atoms with Gasteiger partial charge >= 0.3 is 11.9 Å². The molecule has 0 bridgehead atoms. The lowest BCUT2D eigenvalue weighted by Crippen LogP contribution is -2.44. The number of carbonyl (C=O) groups excluding carboxylic acids is 2. The number of non-ortho nitro benzene ring substituents is 1. The average Bonchev–Trinajstić information content (AvgIpc) is 3.09. The number of aliphatic imine (C=N–C) groups is 1. The van der Waals surface area contributed by atoms with Gasteiger partial charge in [0.25, 0.3) is 5.69 Å². The van der Waals surface area contributed by atoms with Crippen LogP contribution in [0.1, 0.15) is 49.3 Å². The summed E-state index contributed by atoms with van der Waals surface area (Å²) in [7, 11) is 1.50. The molecule has 1 saturated heterocycles. The Hall–Kier alpha value is -4.67. The minimum atomic E-state index is -0.966. The van der Waals surface area contributed by atoms with Gasteiger partial charge in [-0.3, -0.25) is 24.8 Å². The highest BCUT2D eigenvalue weighted by Gasteiger charge is 2.43. The van der Waals surface area contributed by atoms with Gasteiger partial charge in [0.05, 0.1) is 17.1 Å². The second-order valence-electron chi connectivity index (χ2n) is 12.0. The molecule has 0 amide bonds. The Morgan fingerprint density at radius 3 is 2.13 bits per heavy atom. The van der Waals surface area contributed by atoms with Gasteiger partial charge in [0.2, 0.25) is 0 Å². The van der Waals surface area contributed by atoms with E-state index in [9.17, 15) is 19.7 Å². The van der Waals surface area contributed by atoms with Crippen molar-refractivity contribution in [3.8, 4) is 0 Å². The normalized spacial score (nSPS) is 19.5. The molecule has 2 atom stereocenters. The van der Waals surface area contributed by atoms with E-state index in [2.05, 4.69) is 58.4 Å². The van der Waals surface area contributed by atoms with Crippen molar-refractivity contribution in [2.24, 2.45) is 10.9 Å². The molecular formula is C37H41N3O7. The van der Waals surface area contributed by atoms with E-state index in [0.29, 0.717) is 23.5 Å². The molecule has 2 aliphatic rings. The fraction of sp³-hybridized carbons (Fsp3) is 0.378. The number of piperidine rings is 1. The molecule has 3 aromatic rings. The SMILES string of the molecule is COCCOC(=O)C1C(C)=NC(C)=C(C(=O)OCCN2CCC(c3ccccc3)(c3ccccc3)CC2)C1c1cccc([N+](=O)[O-])c1. The number of hydrogen-bond donors (Lipinski definition) is 0. The Bertz CT molecular complexity index is 1590. The van der Waals surface area contributed by atoms with Crippen molar-refractivity contribution in [3.63, 3.8) is 0 Å². The number of nitrogens with zero attached hydrogens (tertiary/aromatic N) is 3. The van der Waals surface area contributed by atoms with Crippen LogP contribution in [0, 0.1) is 16.0 Å². The van der Waals surface area contributed by atoms with Crippen molar-refractivity contribution in [2.45, 2.75) is 38.0 Å². The smallest absolute Gasteiger partial charge is 0.336 e. The second kappa shape index (κ2) is 15.3. The van der Waals surface area contributed by atoms with E-state index in [1.165, 1.54) is 30.4 Å². The van der Waals surface area contributed by atoms with Crippen LogP contribution in [0.3, 0.4) is 0 Å². The summed E-state index contributed by atoms with van der Waals surface area (Å²) in [6.07, 6.45) is 1.85. The molecule has 0 aliphatic carbocycles. The number of hydrogen-bond acceptors (Lipinski definition) is 9. The number of carbonyl (C=O) groups is 2. The number of benzene rings is 3. The van der Waals surface area contributed by atoms with Gasteiger partial charge in [0, 0.05) is 48.5 Å². The molecule has 5 rings (SSSR count). The summed E-state index contributed by atoms with van der Waals surface area (Å²) < 4.78 is 16.3. The molecular weight excluding hydrogens is 598 g/mol. The predicted octanol–water partition coefficient (Wildman–Crippen LogP) is 5.86. The highest BCUT2D eigenvalue weighted by atomic mass is 16.6. The molecule has 0 aromatic heterocycles. The Balaban J connectivity index is 1.31. The zero-order valence-electron chi connectivity index (χ0n) is 27.1. The topological polar surface area (TPSA) is 121 Å². The molecule has 246 valence electrons. The van der Waals surface area contributed by atoms with E-state index < -0.39 is 28.7 Å². The van der Waals surface area contributed by atoms with Gasteiger partial charge in [-0.25, -0.2) is 4.79 Å². The fourth-order valence-electron chi connectivity index (χ4n) is 6.88. The number of rotatable bonds is 12. The van der Waals surface area contributed by atoms with Crippen LogP contribution >= 0.6 is 0 Å². The predicted molar refractivity (Wildman–Crippen MR) is 178 cm³/mol. The third kappa shape index (κ3) is 7.50. The third-order valence-electron chi connectivity index (χ3n) is 9.28. The fourth-order valence-corrected chi connectivity index (χ4v) is 6.88. The third-order valence-corrected chi connectivity index (χ3v) is 9.28. The summed E-state index contributed by atoms with van der Waals surface area (Å²) in [4.78, 5) is 45.1. The van der Waals surface area contributed by atoms with Crippen LogP contribution in [-0.2, 0) is 29.2 Å². The minimum absolute atomic E-state index is 0.0227. The molecule has 2 heterocycles. The number of esters is 2. The number of nitro benzene ring substituents is 1. The van der Waals surface area contributed by atoms with Gasteiger partial charge in [-0.1, -0.05) is 72.8 Å². The standard InChI is InChI=1S/C37H41N3O7/c1-26-32(34(28-11-10-16-31(25-28)40(43)44)33(27(2)38-26)36(42)47-24-23-45-3)35(41)46-22-21-39-19-17-37(18-20-39,29-12-6-4-7-13-29)30-14-8-5-9-15-30/h4-16,25,33-34H,17-24H2,1-3H3. The Kier molecular flexibility index (Phi) is 11.0. The quantitative estimate of drug-likeness (QED) is 0.105. The highest BCUT2D eigenvalue weighted by Crippen LogP contribution is 2.43. The zero-order valence-corrected chi connectivity index (χ0v) is 27.1. The van der Waals surface area contributed by atoms with Gasteiger partial charge in [-0.2, -0.15) is 0 Å². The van der Waals surface area contributed by atoms with Gasteiger partial charge < -0.3 is 14.2 Å². The first kappa shape index (κ1) is 33.7. The Labute approximate surface area is 275 Å². The van der Waals surface area contributed by atoms with Gasteiger partial charge in [-0.15, -0.1) is 0 Å². The molecule has 3 aromatic carbocycles. The summed E-state index contributed by atoms with van der Waals surface area (Å²) in [6.45, 7) is 5.96. The minimum Gasteiger partial charge on any atom is -0.463 e. The molecule has 10 nitrogen and oxygen atoms in total. The molecule has 0 N–H and O–H groups in total. The van der Waals surface area contributed by atoms with Crippen molar-refractivity contribution in [2.75, 3.05) is 46.6 Å². The van der Waals surface area contributed by atoms with E-state index in [1.54, 1.807) is 26.0 Å². The maximum absolute atomic E-state index is 13.8. The van der Waals surface area contributed by atoms with Crippen LogP contribution in [0.15, 0.2) is 101 Å².